The number of carboxylic acids is 1. The minimum Gasteiger partial charge on any atom is -0.481 e. The van der Waals surface area contributed by atoms with Gasteiger partial charge in [0.25, 0.3) is 0 Å². The lowest BCUT2D eigenvalue weighted by atomic mass is 9.88. The standard InChI is InChI=1S/C38H52N6O4.C38H55N5O6/c1-26(2)19-30(36(46)42-33(15-9-10-17-39)38(48)44-18-16-29-23-41-24-31(29)25-44)22-35(45)34(21-28-13-7-4-8-14-28)43-37(47)32(40)20-27-11-5-3-6-12-27;1-26(2)21-30(36(47)41-32(15-9-10-18-39)38(49)43-19-16-29(17-20-43)24-35(45)46)25-34(44)33(23-28-13-7-4-8-14-28)42-37(48)31(40)22-27-11-5-3-6-12-27/h3-8,11-14,24,26,30,32-34H,9-10,15-23,25,39-40H2,1-2H3,(H,42,46)(H,43,47);3-8,11-14,26,29-33H,9-10,15-25,39-40H2,1-2H3,(H,41,47)(H,42,48)(H,45,46)/t30-,32+,33+,34+;30-,31+,32+,33+/m00/s1. The predicted octanol–water partition coefficient (Wildman–Crippen LogP) is 6.37. The number of benzene rings is 4. The molecule has 21 nitrogen and oxygen atoms in total. The van der Waals surface area contributed by atoms with Crippen LogP contribution in [0.5, 0.6) is 0 Å². The molecule has 6 amide bonds. The van der Waals surface area contributed by atoms with Gasteiger partial charge in [0.15, 0.2) is 11.6 Å². The number of carbonyl (C=O) groups is 9. The van der Waals surface area contributed by atoms with Crippen molar-refractivity contribution in [3.63, 3.8) is 0 Å². The van der Waals surface area contributed by atoms with E-state index in [-0.39, 0.29) is 85.1 Å². The SMILES string of the molecule is CC(C)C[C@@H](CC(=O)[C@@H](Cc1ccccc1)NC(=O)[C@H](N)Cc1ccccc1)C(=O)N[C@H](CCCCN)C(=O)N1CCC(CC(=O)O)CC1.CC(C)C[C@@H](CC(=O)[C@@H](Cc1ccccc1)NC(=O)[C@H](N)Cc1ccccc1)C(=O)N[C@H](CCCCN)C(=O)N1CCC2=C(C=NC2)C1. The van der Waals surface area contributed by atoms with Gasteiger partial charge in [0.1, 0.15) is 12.1 Å². The highest BCUT2D eigenvalue weighted by Crippen LogP contribution is 2.26. The second-order valence-electron chi connectivity index (χ2n) is 27.3. The Bertz CT molecular complexity index is 3210. The van der Waals surface area contributed by atoms with E-state index in [0.717, 1.165) is 40.7 Å². The van der Waals surface area contributed by atoms with Crippen molar-refractivity contribution in [1.82, 2.24) is 31.1 Å². The van der Waals surface area contributed by atoms with Crippen molar-refractivity contribution in [3.05, 3.63) is 155 Å². The second-order valence-corrected chi connectivity index (χ2v) is 27.3. The maximum atomic E-state index is 14.0. The van der Waals surface area contributed by atoms with Crippen LogP contribution in [-0.4, -0.2) is 156 Å². The highest BCUT2D eigenvalue weighted by atomic mass is 16.4. The van der Waals surface area contributed by atoms with Crippen LogP contribution < -0.4 is 44.2 Å². The third-order valence-corrected chi connectivity index (χ3v) is 18.2. The molecule has 1 fully saturated rings. The van der Waals surface area contributed by atoms with Crippen LogP contribution >= 0.6 is 0 Å². The summed E-state index contributed by atoms with van der Waals surface area (Å²) in [7, 11) is 0. The van der Waals surface area contributed by atoms with Gasteiger partial charge in [0.05, 0.1) is 30.7 Å². The van der Waals surface area contributed by atoms with Crippen molar-refractivity contribution < 1.29 is 48.3 Å². The van der Waals surface area contributed by atoms with Crippen LogP contribution in [0.25, 0.3) is 0 Å². The maximum absolute atomic E-state index is 14.0. The summed E-state index contributed by atoms with van der Waals surface area (Å²) in [6.07, 6.45) is 9.39. The van der Waals surface area contributed by atoms with Crippen molar-refractivity contribution >= 4 is 59.2 Å². The first kappa shape index (κ1) is 77.8. The number of nitrogens with zero attached hydrogens (tertiary/aromatic N) is 3. The van der Waals surface area contributed by atoms with Crippen LogP contribution in [0.4, 0.5) is 0 Å². The first-order valence-electron chi connectivity index (χ1n) is 34.9. The van der Waals surface area contributed by atoms with Gasteiger partial charge in [-0.1, -0.05) is 149 Å². The minimum atomic E-state index is -0.895. The number of carboxylic acid groups (broad SMARTS) is 1. The number of aliphatic carboxylic acids is 1. The number of hydrogen-bond donors (Lipinski definition) is 9. The fraction of sp³-hybridized carbons (Fsp3) is 0.526. The minimum absolute atomic E-state index is 0.0190. The van der Waals surface area contributed by atoms with Gasteiger partial charge < -0.3 is 59.1 Å². The maximum Gasteiger partial charge on any atom is 0.303 e. The highest BCUT2D eigenvalue weighted by molar-refractivity contribution is 5.97. The van der Waals surface area contributed by atoms with Crippen molar-refractivity contribution in [2.45, 2.75) is 180 Å². The van der Waals surface area contributed by atoms with Gasteiger partial charge in [-0.05, 0) is 161 Å². The van der Waals surface area contributed by atoms with Crippen LogP contribution in [0, 0.1) is 29.6 Å². The van der Waals surface area contributed by atoms with Crippen molar-refractivity contribution in [2.24, 2.45) is 57.5 Å². The molecule has 3 aliphatic rings. The van der Waals surface area contributed by atoms with E-state index >= 15 is 0 Å². The summed E-state index contributed by atoms with van der Waals surface area (Å²) in [6, 6.07) is 32.8. The Balaban J connectivity index is 0.000000306. The van der Waals surface area contributed by atoms with Crippen LogP contribution in [0.1, 0.15) is 140 Å². The Morgan fingerprint density at radius 3 is 1.27 bits per heavy atom. The van der Waals surface area contributed by atoms with E-state index in [0.29, 0.717) is 116 Å². The molecule has 3 heterocycles. The molecule has 3 aliphatic heterocycles. The summed E-state index contributed by atoms with van der Waals surface area (Å²) in [5.41, 5.74) is 30.0. The number of ketones is 2. The molecule has 0 saturated carbocycles. The van der Waals surface area contributed by atoms with E-state index in [9.17, 15) is 43.2 Å². The molecule has 4 aromatic carbocycles. The molecule has 0 aliphatic carbocycles. The molecule has 97 heavy (non-hydrogen) atoms. The second kappa shape index (κ2) is 41.1. The topological polar surface area (TPSA) is 345 Å². The molecular formula is C76H107N11O10. The van der Waals surface area contributed by atoms with Gasteiger partial charge >= 0.3 is 5.97 Å². The summed E-state index contributed by atoms with van der Waals surface area (Å²) in [5, 5.41) is 21.0. The number of hydrogen-bond acceptors (Lipinski definition) is 14. The van der Waals surface area contributed by atoms with Gasteiger partial charge in [0.2, 0.25) is 35.4 Å². The summed E-state index contributed by atoms with van der Waals surface area (Å²) >= 11 is 0. The zero-order chi connectivity index (χ0) is 70.2. The van der Waals surface area contributed by atoms with E-state index in [1.165, 1.54) is 5.57 Å². The van der Waals surface area contributed by atoms with E-state index in [4.69, 9.17) is 28.0 Å². The number of likely N-dealkylation sites (tertiary alicyclic amines) is 1. The fourth-order valence-electron chi connectivity index (χ4n) is 12.9. The third kappa shape index (κ3) is 26.9. The molecule has 4 aromatic rings. The van der Waals surface area contributed by atoms with Gasteiger partial charge in [-0.15, -0.1) is 0 Å². The van der Waals surface area contributed by atoms with Gasteiger partial charge in [-0.2, -0.15) is 0 Å². The Labute approximate surface area is 573 Å². The molecule has 0 aromatic heterocycles. The number of nitrogens with two attached hydrogens (primary N) is 4. The molecule has 0 spiro atoms. The summed E-state index contributed by atoms with van der Waals surface area (Å²) in [6.45, 7) is 11.6. The highest BCUT2D eigenvalue weighted by Gasteiger charge is 2.37. The predicted molar refractivity (Wildman–Crippen MR) is 378 cm³/mol. The van der Waals surface area contributed by atoms with Crippen LogP contribution in [0.15, 0.2) is 137 Å². The molecule has 21 heteroatoms. The van der Waals surface area contributed by atoms with Crippen LogP contribution in [0.2, 0.25) is 0 Å². The van der Waals surface area contributed by atoms with Crippen LogP contribution in [0.3, 0.4) is 0 Å². The molecule has 13 N–H and O–H groups in total. The monoisotopic (exact) mass is 1330 g/mol. The number of Topliss-reactive ketones (excluding diaryl/α,β-unsaturated/α-hetero) is 2. The average molecular weight is 1330 g/mol. The molecule has 8 atom stereocenters. The van der Waals surface area contributed by atoms with E-state index in [1.54, 1.807) is 9.80 Å². The van der Waals surface area contributed by atoms with Gasteiger partial charge in [-0.3, -0.25) is 48.1 Å². The van der Waals surface area contributed by atoms with E-state index in [1.807, 2.05) is 155 Å². The number of unbranched alkanes of at least 4 members (excludes halogenated alkanes) is 2. The molecule has 0 unspecified atom stereocenters. The smallest absolute Gasteiger partial charge is 0.303 e. The average Bonchev–Trinajstić information content (AvgIpc) is 1.83. The van der Waals surface area contributed by atoms with Crippen molar-refractivity contribution in [3.8, 4) is 0 Å². The number of rotatable bonds is 38. The lowest BCUT2D eigenvalue weighted by molar-refractivity contribution is -0.141. The number of carbonyl (C=O) groups excluding carboxylic acids is 8. The lowest BCUT2D eigenvalue weighted by Gasteiger charge is -2.34. The van der Waals surface area contributed by atoms with Crippen molar-refractivity contribution in [2.75, 3.05) is 45.8 Å². The Morgan fingerprint density at radius 2 is 0.887 bits per heavy atom. The van der Waals surface area contributed by atoms with E-state index in [2.05, 4.69) is 26.3 Å². The number of piperidine rings is 1. The molecule has 7 rings (SSSR count). The zero-order valence-electron chi connectivity index (χ0n) is 57.4. The van der Waals surface area contributed by atoms with Crippen molar-refractivity contribution in [1.29, 1.82) is 0 Å². The molecule has 0 radical (unpaired) electrons. The van der Waals surface area contributed by atoms with E-state index < -0.39 is 65.9 Å². The lowest BCUT2D eigenvalue weighted by Crippen LogP contribution is -2.53. The summed E-state index contributed by atoms with van der Waals surface area (Å²) < 4.78 is 0. The normalized spacial score (nSPS) is 16.3. The Hall–Kier alpha value is -8.24. The fourth-order valence-corrected chi connectivity index (χ4v) is 12.9. The quantitative estimate of drug-likeness (QED) is 0.0220. The molecular weight excluding hydrogens is 1230 g/mol. The molecule has 1 saturated heterocycles. The largest absolute Gasteiger partial charge is 0.481 e. The van der Waals surface area contributed by atoms with Gasteiger partial charge in [0, 0.05) is 63.5 Å². The zero-order valence-corrected chi connectivity index (χ0v) is 57.4. The first-order valence-corrected chi connectivity index (χ1v) is 34.9. The first-order chi connectivity index (χ1) is 46.6. The number of nitrogens with one attached hydrogen (secondary N) is 4. The number of amides is 6. The summed E-state index contributed by atoms with van der Waals surface area (Å²) in [4.78, 5) is 129. The number of aliphatic imine (C=N–C) groups is 1. The third-order valence-electron chi connectivity index (χ3n) is 18.2. The Kier molecular flexibility index (Phi) is 33.0. The summed E-state index contributed by atoms with van der Waals surface area (Å²) in [5.74, 6) is -4.42. The van der Waals surface area contributed by atoms with Crippen LogP contribution in [-0.2, 0) is 68.8 Å². The Morgan fingerprint density at radius 1 is 0.505 bits per heavy atom. The molecule has 0 bridgehead atoms. The molecule has 526 valence electrons. The van der Waals surface area contributed by atoms with Gasteiger partial charge in [-0.25, -0.2) is 0 Å².